The van der Waals surface area contributed by atoms with Gasteiger partial charge in [-0.15, -0.1) is 0 Å². The second-order valence-corrected chi connectivity index (χ2v) is 11.7. The van der Waals surface area contributed by atoms with Gasteiger partial charge in [-0.25, -0.2) is 0 Å². The summed E-state index contributed by atoms with van der Waals surface area (Å²) in [5.41, 5.74) is 5.30. The number of rotatable bonds is 18. The Morgan fingerprint density at radius 2 is 0.851 bits per heavy atom. The van der Waals surface area contributed by atoms with Crippen molar-refractivity contribution in [1.29, 1.82) is 0 Å². The first-order valence-electron chi connectivity index (χ1n) is 16.7. The van der Waals surface area contributed by atoms with Crippen LogP contribution in [0.25, 0.3) is 24.3 Å². The van der Waals surface area contributed by atoms with Crippen molar-refractivity contribution in [3.63, 3.8) is 0 Å². The SMILES string of the molecule is CCCCCCCCCCOc1ccc(/C=C/c2ccc(OC(=O)CC(=O)Oc3ccc(/C=C/c4ccc(C)cc4)cc3)cc2)cc1. The molecule has 0 aliphatic rings. The average Bonchev–Trinajstić information content (AvgIpc) is 3.08. The number of ether oxygens (including phenoxy) is 3. The summed E-state index contributed by atoms with van der Waals surface area (Å²) in [5.74, 6) is 0.262. The quantitative estimate of drug-likeness (QED) is 0.0360. The molecule has 0 aromatic heterocycles. The van der Waals surface area contributed by atoms with Crippen LogP contribution in [0.15, 0.2) is 97.1 Å². The van der Waals surface area contributed by atoms with E-state index in [1.807, 2.05) is 72.8 Å². The Morgan fingerprint density at radius 3 is 1.28 bits per heavy atom. The molecule has 0 bridgehead atoms. The Balaban J connectivity index is 1.13. The minimum Gasteiger partial charge on any atom is -0.494 e. The standard InChI is InChI=1S/C42H46O5/c1-3-4-5-6-7-8-9-10-31-45-38-25-19-35(20-26-38)17-18-37-23-29-40(30-24-37)47-42(44)32-41(43)46-39-27-21-36(22-28-39)16-15-34-13-11-33(2)12-14-34/h11-30H,3-10,31-32H2,1-2H3/b16-15+,18-17+. The van der Waals surface area contributed by atoms with Crippen LogP contribution in [0.2, 0.25) is 0 Å². The molecule has 0 aliphatic heterocycles. The highest BCUT2D eigenvalue weighted by Gasteiger charge is 2.14. The van der Waals surface area contributed by atoms with E-state index in [-0.39, 0.29) is 0 Å². The van der Waals surface area contributed by atoms with Crippen LogP contribution in [-0.4, -0.2) is 18.5 Å². The van der Waals surface area contributed by atoms with E-state index in [1.54, 1.807) is 24.3 Å². The summed E-state index contributed by atoms with van der Waals surface area (Å²) in [6, 6.07) is 30.5. The van der Waals surface area contributed by atoms with E-state index >= 15 is 0 Å². The molecule has 47 heavy (non-hydrogen) atoms. The van der Waals surface area contributed by atoms with Crippen molar-refractivity contribution in [2.24, 2.45) is 0 Å². The summed E-state index contributed by atoms with van der Waals surface area (Å²) in [5, 5.41) is 0. The van der Waals surface area contributed by atoms with E-state index in [0.29, 0.717) is 11.5 Å². The van der Waals surface area contributed by atoms with Gasteiger partial charge < -0.3 is 14.2 Å². The van der Waals surface area contributed by atoms with Crippen molar-refractivity contribution >= 4 is 36.2 Å². The van der Waals surface area contributed by atoms with Gasteiger partial charge in [0.2, 0.25) is 0 Å². The molecule has 4 aromatic carbocycles. The van der Waals surface area contributed by atoms with Crippen LogP contribution in [0.3, 0.4) is 0 Å². The summed E-state index contributed by atoms with van der Waals surface area (Å²) >= 11 is 0. The molecule has 0 atom stereocenters. The fourth-order valence-corrected chi connectivity index (χ4v) is 4.91. The van der Waals surface area contributed by atoms with Gasteiger partial charge in [0, 0.05) is 0 Å². The second-order valence-electron chi connectivity index (χ2n) is 11.7. The zero-order valence-electron chi connectivity index (χ0n) is 27.7. The highest BCUT2D eigenvalue weighted by atomic mass is 16.6. The fraction of sp³-hybridized carbons (Fsp3) is 0.286. The lowest BCUT2D eigenvalue weighted by Gasteiger charge is -2.07. The number of aryl methyl sites for hydroxylation is 1. The van der Waals surface area contributed by atoms with Gasteiger partial charge in [0.15, 0.2) is 0 Å². The Kier molecular flexibility index (Phi) is 14.6. The number of unbranched alkanes of at least 4 members (excludes halogenated alkanes) is 7. The number of esters is 2. The van der Waals surface area contributed by atoms with Crippen LogP contribution in [0, 0.1) is 6.92 Å². The summed E-state index contributed by atoms with van der Waals surface area (Å²) < 4.78 is 16.6. The van der Waals surface area contributed by atoms with Crippen molar-refractivity contribution < 1.29 is 23.8 Å². The molecule has 4 rings (SSSR count). The maximum Gasteiger partial charge on any atom is 0.322 e. The summed E-state index contributed by atoms with van der Waals surface area (Å²) in [6.45, 7) is 5.06. The summed E-state index contributed by atoms with van der Waals surface area (Å²) in [6.07, 6.45) is 17.8. The van der Waals surface area contributed by atoms with Gasteiger partial charge in [0.05, 0.1) is 6.61 Å². The molecule has 0 aliphatic carbocycles. The topological polar surface area (TPSA) is 61.8 Å². The zero-order chi connectivity index (χ0) is 33.1. The monoisotopic (exact) mass is 630 g/mol. The van der Waals surface area contributed by atoms with Crippen molar-refractivity contribution in [1.82, 2.24) is 0 Å². The van der Waals surface area contributed by atoms with E-state index < -0.39 is 18.4 Å². The van der Waals surface area contributed by atoms with Gasteiger partial charge in [0.1, 0.15) is 23.7 Å². The lowest BCUT2D eigenvalue weighted by Crippen LogP contribution is -2.18. The molecule has 0 saturated heterocycles. The number of carbonyl (C=O) groups excluding carboxylic acids is 2. The van der Waals surface area contributed by atoms with Crippen molar-refractivity contribution in [2.45, 2.75) is 71.6 Å². The van der Waals surface area contributed by atoms with Gasteiger partial charge in [0.25, 0.3) is 0 Å². The first-order chi connectivity index (χ1) is 23.0. The van der Waals surface area contributed by atoms with Crippen LogP contribution in [0.5, 0.6) is 17.2 Å². The smallest absolute Gasteiger partial charge is 0.322 e. The normalized spacial score (nSPS) is 11.2. The minimum absolute atomic E-state index is 0.364. The number of hydrogen-bond acceptors (Lipinski definition) is 5. The average molecular weight is 631 g/mol. The largest absolute Gasteiger partial charge is 0.494 e. The Labute approximate surface area is 279 Å². The lowest BCUT2D eigenvalue weighted by molar-refractivity contribution is -0.144. The summed E-state index contributed by atoms with van der Waals surface area (Å²) in [7, 11) is 0. The van der Waals surface area contributed by atoms with Crippen LogP contribution < -0.4 is 14.2 Å². The zero-order valence-corrected chi connectivity index (χ0v) is 27.7. The first kappa shape index (κ1) is 35.0. The number of hydrogen-bond donors (Lipinski definition) is 0. The summed E-state index contributed by atoms with van der Waals surface area (Å²) in [4.78, 5) is 24.6. The molecular weight excluding hydrogens is 584 g/mol. The lowest BCUT2D eigenvalue weighted by atomic mass is 10.1. The molecule has 0 radical (unpaired) electrons. The van der Waals surface area contributed by atoms with E-state index in [2.05, 4.69) is 38.1 Å². The molecule has 5 heteroatoms. The molecule has 0 unspecified atom stereocenters. The Hall–Kier alpha value is -4.90. The molecule has 4 aromatic rings. The van der Waals surface area contributed by atoms with Crippen molar-refractivity contribution in [2.75, 3.05) is 6.61 Å². The molecule has 0 amide bonds. The first-order valence-corrected chi connectivity index (χ1v) is 16.7. The number of carbonyl (C=O) groups is 2. The van der Waals surface area contributed by atoms with E-state index in [1.165, 1.54) is 50.5 Å². The van der Waals surface area contributed by atoms with Gasteiger partial charge in [-0.05, 0) is 72.0 Å². The third-order valence-electron chi connectivity index (χ3n) is 7.67. The van der Waals surface area contributed by atoms with E-state index in [4.69, 9.17) is 14.2 Å². The molecule has 5 nitrogen and oxygen atoms in total. The molecule has 0 saturated carbocycles. The van der Waals surface area contributed by atoms with Gasteiger partial charge >= 0.3 is 11.9 Å². The third-order valence-corrected chi connectivity index (χ3v) is 7.67. The van der Waals surface area contributed by atoms with Crippen LogP contribution in [-0.2, 0) is 9.59 Å². The maximum atomic E-state index is 12.3. The van der Waals surface area contributed by atoms with Gasteiger partial charge in [-0.2, -0.15) is 0 Å². The van der Waals surface area contributed by atoms with Crippen LogP contribution in [0.1, 0.15) is 92.5 Å². The highest BCUT2D eigenvalue weighted by molar-refractivity contribution is 5.93. The van der Waals surface area contributed by atoms with Crippen LogP contribution >= 0.6 is 0 Å². The van der Waals surface area contributed by atoms with E-state index in [9.17, 15) is 9.59 Å². The van der Waals surface area contributed by atoms with Gasteiger partial charge in [-0.3, -0.25) is 9.59 Å². The molecule has 0 heterocycles. The predicted octanol–water partition coefficient (Wildman–Crippen LogP) is 10.8. The molecular formula is C42H46O5. The second kappa shape index (κ2) is 19.6. The van der Waals surface area contributed by atoms with Gasteiger partial charge in [-0.1, -0.05) is 142 Å². The minimum atomic E-state index is -0.680. The van der Waals surface area contributed by atoms with Crippen molar-refractivity contribution in [3.8, 4) is 17.2 Å². The highest BCUT2D eigenvalue weighted by Crippen LogP contribution is 2.19. The third kappa shape index (κ3) is 13.5. The number of benzene rings is 4. The van der Waals surface area contributed by atoms with Crippen LogP contribution in [0.4, 0.5) is 0 Å². The molecule has 0 spiro atoms. The van der Waals surface area contributed by atoms with E-state index in [0.717, 1.165) is 41.0 Å². The molecule has 0 N–H and O–H groups in total. The Bertz CT molecular complexity index is 1560. The fourth-order valence-electron chi connectivity index (χ4n) is 4.91. The maximum absolute atomic E-state index is 12.3. The predicted molar refractivity (Wildman–Crippen MR) is 192 cm³/mol. The van der Waals surface area contributed by atoms with Crippen molar-refractivity contribution in [3.05, 3.63) is 125 Å². The molecule has 0 fully saturated rings. The Morgan fingerprint density at radius 1 is 0.489 bits per heavy atom. The molecule has 244 valence electrons.